The molecule has 0 aromatic rings. The Morgan fingerprint density at radius 1 is 1.89 bits per heavy atom. The Morgan fingerprint density at radius 2 is 2.67 bits per heavy atom. The molecule has 0 aliphatic heterocycles. The number of allylic oxidation sites excluding steroid dienone is 2. The highest BCUT2D eigenvalue weighted by molar-refractivity contribution is 6.30. The first-order valence-corrected chi connectivity index (χ1v) is 4.02. The van der Waals surface area contributed by atoms with Crippen LogP contribution in [0.25, 0.3) is 0 Å². The highest BCUT2D eigenvalue weighted by atomic mass is 35.5. The smallest absolute Gasteiger partial charge is 0.0149 e. The van der Waals surface area contributed by atoms with E-state index in [4.69, 9.17) is 11.6 Å². The standard InChI is InChI=1S/C8H11Cl/c1-2-8-4-6(8)3-7(9)5-8/h5-6H,2-4H2,1H3/t6?,8-/m0/s1. The van der Waals surface area contributed by atoms with E-state index in [0.717, 1.165) is 17.4 Å². The molecule has 0 radical (unpaired) electrons. The molecule has 50 valence electrons. The summed E-state index contributed by atoms with van der Waals surface area (Å²) in [6, 6.07) is 0. The number of halogens is 1. The van der Waals surface area contributed by atoms with Crippen LogP contribution in [-0.2, 0) is 0 Å². The normalized spacial score (nSPS) is 46.4. The van der Waals surface area contributed by atoms with Crippen LogP contribution in [0.3, 0.4) is 0 Å². The van der Waals surface area contributed by atoms with Gasteiger partial charge in [-0.2, -0.15) is 0 Å². The zero-order valence-electron chi connectivity index (χ0n) is 5.65. The Kier molecular flexibility index (Phi) is 0.993. The van der Waals surface area contributed by atoms with Crippen molar-refractivity contribution in [3.63, 3.8) is 0 Å². The lowest BCUT2D eigenvalue weighted by Crippen LogP contribution is -1.90. The molecule has 0 bridgehead atoms. The van der Waals surface area contributed by atoms with Crippen molar-refractivity contribution in [2.75, 3.05) is 0 Å². The fourth-order valence-corrected chi connectivity index (χ4v) is 2.40. The lowest BCUT2D eigenvalue weighted by atomic mass is 10.0. The van der Waals surface area contributed by atoms with Crippen LogP contribution in [0.2, 0.25) is 0 Å². The molecule has 0 heterocycles. The minimum Gasteiger partial charge on any atom is -0.0895 e. The van der Waals surface area contributed by atoms with Crippen LogP contribution >= 0.6 is 11.6 Å². The van der Waals surface area contributed by atoms with E-state index in [1.54, 1.807) is 0 Å². The monoisotopic (exact) mass is 142 g/mol. The second-order valence-electron chi connectivity index (χ2n) is 3.28. The van der Waals surface area contributed by atoms with E-state index in [-0.39, 0.29) is 0 Å². The summed E-state index contributed by atoms with van der Waals surface area (Å²) in [6.07, 6.45) is 6.13. The van der Waals surface area contributed by atoms with E-state index in [1.165, 1.54) is 12.8 Å². The van der Waals surface area contributed by atoms with E-state index < -0.39 is 0 Å². The molecule has 1 fully saturated rings. The summed E-state index contributed by atoms with van der Waals surface area (Å²) >= 11 is 5.87. The Hall–Kier alpha value is 0.0300. The molecule has 2 aliphatic carbocycles. The fourth-order valence-electron chi connectivity index (χ4n) is 1.99. The van der Waals surface area contributed by atoms with Gasteiger partial charge in [-0.1, -0.05) is 24.6 Å². The third kappa shape index (κ3) is 0.660. The second kappa shape index (κ2) is 1.54. The first kappa shape index (κ1) is 5.79. The third-order valence-electron chi connectivity index (χ3n) is 2.82. The zero-order chi connectivity index (χ0) is 6.48. The van der Waals surface area contributed by atoms with Crippen molar-refractivity contribution >= 4 is 11.6 Å². The lowest BCUT2D eigenvalue weighted by molar-refractivity contribution is 0.578. The second-order valence-corrected chi connectivity index (χ2v) is 3.77. The SMILES string of the molecule is CC[C@]12C=C(Cl)CC1C2. The molecule has 0 saturated heterocycles. The topological polar surface area (TPSA) is 0 Å². The van der Waals surface area contributed by atoms with Gasteiger partial charge < -0.3 is 0 Å². The van der Waals surface area contributed by atoms with Crippen molar-refractivity contribution in [1.82, 2.24) is 0 Å². The molecule has 0 nitrogen and oxygen atoms in total. The Balaban J connectivity index is 2.21. The average Bonchev–Trinajstić information content (AvgIpc) is 2.38. The molecule has 1 heteroatoms. The summed E-state index contributed by atoms with van der Waals surface area (Å²) in [5, 5.41) is 1.10. The Bertz CT molecular complexity index is 167. The average molecular weight is 143 g/mol. The van der Waals surface area contributed by atoms with Gasteiger partial charge in [-0.05, 0) is 30.6 Å². The highest BCUT2D eigenvalue weighted by Gasteiger charge is 2.54. The Morgan fingerprint density at radius 3 is 3.00 bits per heavy atom. The van der Waals surface area contributed by atoms with Gasteiger partial charge in [0, 0.05) is 5.03 Å². The fraction of sp³-hybridized carbons (Fsp3) is 0.750. The van der Waals surface area contributed by atoms with Gasteiger partial charge >= 0.3 is 0 Å². The van der Waals surface area contributed by atoms with Crippen molar-refractivity contribution in [3.8, 4) is 0 Å². The molecule has 0 spiro atoms. The quantitative estimate of drug-likeness (QED) is 0.528. The summed E-state index contributed by atoms with van der Waals surface area (Å²) in [7, 11) is 0. The molecule has 0 aromatic heterocycles. The number of rotatable bonds is 1. The van der Waals surface area contributed by atoms with E-state index in [0.29, 0.717) is 5.41 Å². The minimum atomic E-state index is 0.580. The van der Waals surface area contributed by atoms with Crippen LogP contribution in [0.1, 0.15) is 26.2 Å². The molecular weight excluding hydrogens is 132 g/mol. The molecule has 1 unspecified atom stereocenters. The van der Waals surface area contributed by atoms with Gasteiger partial charge in [0.25, 0.3) is 0 Å². The van der Waals surface area contributed by atoms with E-state index in [9.17, 15) is 0 Å². The Labute approximate surface area is 60.9 Å². The maximum absolute atomic E-state index is 5.87. The van der Waals surface area contributed by atoms with Gasteiger partial charge in [0.2, 0.25) is 0 Å². The minimum absolute atomic E-state index is 0.580. The molecule has 0 amide bonds. The summed E-state index contributed by atoms with van der Waals surface area (Å²) in [4.78, 5) is 0. The summed E-state index contributed by atoms with van der Waals surface area (Å²) in [6.45, 7) is 2.26. The largest absolute Gasteiger partial charge is 0.0895 e. The zero-order valence-corrected chi connectivity index (χ0v) is 6.41. The van der Waals surface area contributed by atoms with Gasteiger partial charge in [-0.3, -0.25) is 0 Å². The van der Waals surface area contributed by atoms with Crippen LogP contribution in [0.4, 0.5) is 0 Å². The summed E-state index contributed by atoms with van der Waals surface area (Å²) in [5.41, 5.74) is 0.580. The van der Waals surface area contributed by atoms with Gasteiger partial charge in [0.1, 0.15) is 0 Å². The third-order valence-corrected chi connectivity index (χ3v) is 3.09. The van der Waals surface area contributed by atoms with E-state index >= 15 is 0 Å². The molecule has 2 aliphatic rings. The van der Waals surface area contributed by atoms with Crippen molar-refractivity contribution in [2.45, 2.75) is 26.2 Å². The first-order valence-electron chi connectivity index (χ1n) is 3.64. The van der Waals surface area contributed by atoms with Crippen molar-refractivity contribution < 1.29 is 0 Å². The van der Waals surface area contributed by atoms with Crippen LogP contribution in [0.15, 0.2) is 11.1 Å². The number of hydrogen-bond acceptors (Lipinski definition) is 0. The lowest BCUT2D eigenvalue weighted by Gasteiger charge is -2.00. The van der Waals surface area contributed by atoms with E-state index in [1.807, 2.05) is 0 Å². The van der Waals surface area contributed by atoms with Crippen molar-refractivity contribution in [3.05, 3.63) is 11.1 Å². The summed E-state index contributed by atoms with van der Waals surface area (Å²) < 4.78 is 0. The highest BCUT2D eigenvalue weighted by Crippen LogP contribution is 2.64. The predicted octanol–water partition coefficient (Wildman–Crippen LogP) is 2.93. The van der Waals surface area contributed by atoms with Crippen LogP contribution in [0, 0.1) is 11.3 Å². The van der Waals surface area contributed by atoms with Crippen molar-refractivity contribution in [2.24, 2.45) is 11.3 Å². The maximum Gasteiger partial charge on any atom is 0.0149 e. The first-order chi connectivity index (χ1) is 4.27. The molecule has 2 rings (SSSR count). The number of fused-ring (bicyclic) bond motifs is 1. The molecule has 9 heavy (non-hydrogen) atoms. The molecule has 0 N–H and O–H groups in total. The van der Waals surface area contributed by atoms with Gasteiger partial charge in [-0.25, -0.2) is 0 Å². The van der Waals surface area contributed by atoms with Crippen LogP contribution in [-0.4, -0.2) is 0 Å². The molecule has 0 aromatic carbocycles. The molecule has 2 atom stereocenters. The maximum atomic E-state index is 5.87. The van der Waals surface area contributed by atoms with Crippen molar-refractivity contribution in [1.29, 1.82) is 0 Å². The van der Waals surface area contributed by atoms with E-state index in [2.05, 4.69) is 13.0 Å². The number of hydrogen-bond donors (Lipinski definition) is 0. The van der Waals surface area contributed by atoms with Crippen LogP contribution in [0.5, 0.6) is 0 Å². The van der Waals surface area contributed by atoms with Gasteiger partial charge in [0.05, 0.1) is 0 Å². The van der Waals surface area contributed by atoms with Crippen LogP contribution < -0.4 is 0 Å². The molecular formula is C8H11Cl. The van der Waals surface area contributed by atoms with Gasteiger partial charge in [-0.15, -0.1) is 0 Å². The molecule has 1 saturated carbocycles. The predicted molar refractivity (Wildman–Crippen MR) is 39.4 cm³/mol. The summed E-state index contributed by atoms with van der Waals surface area (Å²) in [5.74, 6) is 0.926. The van der Waals surface area contributed by atoms with Gasteiger partial charge in [0.15, 0.2) is 0 Å².